The molecule has 5 heteroatoms. The molecule has 1 aliphatic heterocycles. The molecule has 0 spiro atoms. The number of benzene rings is 1. The third kappa shape index (κ3) is 3.20. The Morgan fingerprint density at radius 3 is 2.23 bits per heavy atom. The van der Waals surface area contributed by atoms with Gasteiger partial charge in [0.15, 0.2) is 0 Å². The molecule has 0 N–H and O–H groups in total. The highest BCUT2D eigenvalue weighted by molar-refractivity contribution is 7.89. The predicted molar refractivity (Wildman–Crippen MR) is 89.5 cm³/mol. The minimum Gasteiger partial charge on any atom is -0.483 e. The van der Waals surface area contributed by atoms with Crippen LogP contribution >= 0.6 is 0 Å². The van der Waals surface area contributed by atoms with Gasteiger partial charge in [-0.15, -0.1) is 0 Å². The monoisotopic (exact) mass is 323 g/mol. The topological polar surface area (TPSA) is 46.6 Å². The average molecular weight is 323 g/mol. The lowest BCUT2D eigenvalue weighted by atomic mass is 10.0. The summed E-state index contributed by atoms with van der Waals surface area (Å²) < 4.78 is 33.2. The van der Waals surface area contributed by atoms with E-state index in [2.05, 4.69) is 0 Å². The van der Waals surface area contributed by atoms with Crippen LogP contribution in [0.3, 0.4) is 0 Å². The van der Waals surface area contributed by atoms with E-state index in [1.54, 1.807) is 18.2 Å². The van der Waals surface area contributed by atoms with Crippen LogP contribution in [0.5, 0.6) is 5.75 Å². The van der Waals surface area contributed by atoms with Gasteiger partial charge in [-0.05, 0) is 65.8 Å². The summed E-state index contributed by atoms with van der Waals surface area (Å²) in [5.41, 5.74) is 0.433. The van der Waals surface area contributed by atoms with E-state index < -0.39 is 10.0 Å². The fourth-order valence-corrected chi connectivity index (χ4v) is 4.66. The largest absolute Gasteiger partial charge is 0.483 e. The average Bonchev–Trinajstić information content (AvgIpc) is 2.35. The summed E-state index contributed by atoms with van der Waals surface area (Å²) in [4.78, 5) is 0.307. The lowest BCUT2D eigenvalue weighted by Crippen LogP contribution is -2.41. The van der Waals surface area contributed by atoms with Crippen molar-refractivity contribution in [1.29, 1.82) is 0 Å². The maximum Gasteiger partial charge on any atom is 0.243 e. The van der Waals surface area contributed by atoms with Crippen molar-refractivity contribution in [1.82, 2.24) is 4.31 Å². The summed E-state index contributed by atoms with van der Waals surface area (Å²) in [6.07, 6.45) is 3.86. The molecule has 122 valence electrons. The van der Waals surface area contributed by atoms with Gasteiger partial charge in [0.25, 0.3) is 0 Å². The number of rotatable bonds is 4. The van der Waals surface area contributed by atoms with Crippen LogP contribution in [0.2, 0.25) is 0 Å². The van der Waals surface area contributed by atoms with Crippen molar-refractivity contribution in [3.63, 3.8) is 0 Å². The van der Waals surface area contributed by atoms with Gasteiger partial charge in [-0.3, -0.25) is 0 Å². The highest BCUT2D eigenvalue weighted by Gasteiger charge is 2.30. The molecule has 22 heavy (non-hydrogen) atoms. The summed E-state index contributed by atoms with van der Waals surface area (Å²) in [5.74, 6) is 0.715. The van der Waals surface area contributed by atoms with Crippen LogP contribution in [0.1, 0.15) is 47.1 Å². The smallest absolute Gasteiger partial charge is 0.243 e. The van der Waals surface area contributed by atoms with E-state index in [0.717, 1.165) is 5.56 Å². The standard InChI is InChI=1S/C17H25NO3S/c1-12(2)18(13(3)4)22(19,20)15-7-8-16-14(11-15)9-10-17(5,6)21-16/h7-13H,1-6H3. The molecule has 4 nitrogen and oxygen atoms in total. The normalized spacial score (nSPS) is 17.0. The number of ether oxygens (including phenoxy) is 1. The second-order valence-electron chi connectivity index (χ2n) is 6.76. The molecule has 1 aliphatic rings. The van der Waals surface area contributed by atoms with E-state index in [0.29, 0.717) is 10.6 Å². The number of hydrogen-bond acceptors (Lipinski definition) is 3. The highest BCUT2D eigenvalue weighted by Crippen LogP contribution is 2.33. The Morgan fingerprint density at radius 2 is 1.68 bits per heavy atom. The SMILES string of the molecule is CC(C)N(C(C)C)S(=O)(=O)c1ccc2c(c1)C=CC(C)(C)O2. The number of sulfonamides is 1. The summed E-state index contributed by atoms with van der Waals surface area (Å²) in [5, 5.41) is 0. The maximum atomic E-state index is 12.9. The summed E-state index contributed by atoms with van der Waals surface area (Å²) in [6.45, 7) is 11.5. The maximum absolute atomic E-state index is 12.9. The predicted octanol–water partition coefficient (Wildman–Crippen LogP) is 3.68. The van der Waals surface area contributed by atoms with Crippen molar-refractivity contribution >= 4 is 16.1 Å². The van der Waals surface area contributed by atoms with Crippen molar-refractivity contribution in [2.24, 2.45) is 0 Å². The van der Waals surface area contributed by atoms with Crippen molar-refractivity contribution in [2.75, 3.05) is 0 Å². The fraction of sp³-hybridized carbons (Fsp3) is 0.529. The molecular weight excluding hydrogens is 298 g/mol. The van der Waals surface area contributed by atoms with Crippen molar-refractivity contribution < 1.29 is 13.2 Å². The third-order valence-corrected chi connectivity index (χ3v) is 5.86. The third-order valence-electron chi connectivity index (χ3n) is 3.61. The van der Waals surface area contributed by atoms with E-state index in [-0.39, 0.29) is 17.7 Å². The van der Waals surface area contributed by atoms with Crippen LogP contribution in [-0.2, 0) is 10.0 Å². The Labute approximate surface area is 133 Å². The van der Waals surface area contributed by atoms with Crippen molar-refractivity contribution in [3.05, 3.63) is 29.8 Å². The van der Waals surface area contributed by atoms with Gasteiger partial charge < -0.3 is 4.74 Å². The Balaban J connectivity index is 2.46. The van der Waals surface area contributed by atoms with Gasteiger partial charge in [0.2, 0.25) is 10.0 Å². The summed E-state index contributed by atoms with van der Waals surface area (Å²) >= 11 is 0. The summed E-state index contributed by atoms with van der Waals surface area (Å²) in [7, 11) is -3.52. The molecule has 1 heterocycles. The lowest BCUT2D eigenvalue weighted by Gasteiger charge is -2.31. The molecule has 0 unspecified atom stereocenters. The molecule has 0 aromatic heterocycles. The van der Waals surface area contributed by atoms with Crippen LogP contribution in [-0.4, -0.2) is 30.4 Å². The second kappa shape index (κ2) is 5.70. The molecule has 0 radical (unpaired) electrons. The van der Waals surface area contributed by atoms with Crippen molar-refractivity contribution in [3.8, 4) is 5.75 Å². The Kier molecular flexibility index (Phi) is 4.42. The Hall–Kier alpha value is -1.33. The van der Waals surface area contributed by atoms with Crippen LogP contribution in [0, 0.1) is 0 Å². The first-order valence-electron chi connectivity index (χ1n) is 7.60. The number of nitrogens with zero attached hydrogens (tertiary/aromatic N) is 1. The molecular formula is C17H25NO3S. The summed E-state index contributed by atoms with van der Waals surface area (Å²) in [6, 6.07) is 4.88. The second-order valence-corrected chi connectivity index (χ2v) is 8.60. The van der Waals surface area contributed by atoms with Gasteiger partial charge in [-0.1, -0.05) is 6.08 Å². The minimum absolute atomic E-state index is 0.0910. The van der Waals surface area contributed by atoms with Gasteiger partial charge in [0, 0.05) is 17.6 Å². The minimum atomic E-state index is -3.52. The first-order valence-corrected chi connectivity index (χ1v) is 9.04. The zero-order chi connectivity index (χ0) is 16.7. The van der Waals surface area contributed by atoms with Gasteiger partial charge in [-0.2, -0.15) is 4.31 Å². The van der Waals surface area contributed by atoms with Crippen LogP contribution < -0.4 is 4.74 Å². The molecule has 0 fully saturated rings. The van der Waals surface area contributed by atoms with Crippen LogP contribution in [0.4, 0.5) is 0 Å². The van der Waals surface area contributed by atoms with Crippen molar-refractivity contribution in [2.45, 2.75) is 64.1 Å². The van der Waals surface area contributed by atoms with Gasteiger partial charge in [-0.25, -0.2) is 8.42 Å². The molecule has 0 amide bonds. The van der Waals surface area contributed by atoms with E-state index in [9.17, 15) is 8.42 Å². The van der Waals surface area contributed by atoms with Gasteiger partial charge in [0.1, 0.15) is 11.4 Å². The highest BCUT2D eigenvalue weighted by atomic mass is 32.2. The molecule has 0 aliphatic carbocycles. The Bertz CT molecular complexity index is 680. The fourth-order valence-electron chi connectivity index (χ4n) is 2.79. The molecule has 0 atom stereocenters. The Morgan fingerprint density at radius 1 is 1.09 bits per heavy atom. The first-order chi connectivity index (χ1) is 10.0. The quantitative estimate of drug-likeness (QED) is 0.849. The zero-order valence-electron chi connectivity index (χ0n) is 14.1. The molecule has 0 bridgehead atoms. The number of hydrogen-bond donors (Lipinski definition) is 0. The molecule has 2 rings (SSSR count). The van der Waals surface area contributed by atoms with E-state index in [1.807, 2.05) is 53.7 Å². The van der Waals surface area contributed by atoms with Crippen LogP contribution in [0.25, 0.3) is 6.08 Å². The van der Waals surface area contributed by atoms with E-state index in [1.165, 1.54) is 4.31 Å². The van der Waals surface area contributed by atoms with Crippen LogP contribution in [0.15, 0.2) is 29.2 Å². The lowest BCUT2D eigenvalue weighted by molar-refractivity contribution is 0.159. The first kappa shape index (κ1) is 17.0. The van der Waals surface area contributed by atoms with E-state index >= 15 is 0 Å². The number of fused-ring (bicyclic) bond motifs is 1. The van der Waals surface area contributed by atoms with E-state index in [4.69, 9.17) is 4.74 Å². The molecule has 0 saturated heterocycles. The van der Waals surface area contributed by atoms with Gasteiger partial charge in [0.05, 0.1) is 4.90 Å². The molecule has 0 saturated carbocycles. The van der Waals surface area contributed by atoms with Gasteiger partial charge >= 0.3 is 0 Å². The molecule has 1 aromatic carbocycles. The molecule has 1 aromatic rings. The zero-order valence-corrected chi connectivity index (χ0v) is 14.9.